The van der Waals surface area contributed by atoms with Gasteiger partial charge in [-0.1, -0.05) is 15.9 Å². The lowest BCUT2D eigenvalue weighted by molar-refractivity contribution is 0.602. The Hall–Kier alpha value is -1.05. The zero-order valence-electron chi connectivity index (χ0n) is 8.99. The SMILES string of the molecule is N#Cc1ccc(Br)cc1N1CCC(CN)C1. The molecule has 1 heterocycles. The Balaban J connectivity index is 2.27. The van der Waals surface area contributed by atoms with E-state index in [4.69, 9.17) is 11.0 Å². The van der Waals surface area contributed by atoms with Crippen molar-refractivity contribution in [2.75, 3.05) is 24.5 Å². The molecule has 0 spiro atoms. The van der Waals surface area contributed by atoms with Crippen LogP contribution >= 0.6 is 15.9 Å². The highest BCUT2D eigenvalue weighted by atomic mass is 79.9. The van der Waals surface area contributed by atoms with E-state index in [0.717, 1.165) is 41.8 Å². The fraction of sp³-hybridized carbons (Fsp3) is 0.417. The minimum absolute atomic E-state index is 0.561. The van der Waals surface area contributed by atoms with Gasteiger partial charge in [0.25, 0.3) is 0 Å². The Morgan fingerprint density at radius 1 is 1.56 bits per heavy atom. The van der Waals surface area contributed by atoms with Crippen molar-refractivity contribution in [3.63, 3.8) is 0 Å². The maximum absolute atomic E-state index is 9.08. The number of benzene rings is 1. The van der Waals surface area contributed by atoms with Crippen molar-refractivity contribution in [1.82, 2.24) is 0 Å². The van der Waals surface area contributed by atoms with Crippen LogP contribution in [0.4, 0.5) is 5.69 Å². The van der Waals surface area contributed by atoms with Crippen molar-refractivity contribution in [3.8, 4) is 6.07 Å². The monoisotopic (exact) mass is 279 g/mol. The second-order valence-electron chi connectivity index (χ2n) is 4.11. The molecule has 2 rings (SSSR count). The molecule has 0 aliphatic carbocycles. The molecule has 1 fully saturated rings. The molecule has 0 bridgehead atoms. The molecule has 84 valence electrons. The molecule has 1 saturated heterocycles. The van der Waals surface area contributed by atoms with Gasteiger partial charge in [0.2, 0.25) is 0 Å². The molecule has 1 aliphatic rings. The number of hydrogen-bond donors (Lipinski definition) is 1. The van der Waals surface area contributed by atoms with Crippen LogP contribution in [0.5, 0.6) is 0 Å². The number of halogens is 1. The first-order valence-corrected chi connectivity index (χ1v) is 6.18. The summed E-state index contributed by atoms with van der Waals surface area (Å²) in [5, 5.41) is 9.08. The molecule has 1 aromatic rings. The Bertz CT molecular complexity index is 425. The number of anilines is 1. The van der Waals surface area contributed by atoms with Crippen LogP contribution in [0.1, 0.15) is 12.0 Å². The molecule has 3 nitrogen and oxygen atoms in total. The Labute approximate surface area is 104 Å². The second kappa shape index (κ2) is 4.86. The summed E-state index contributed by atoms with van der Waals surface area (Å²) in [5.74, 6) is 0.561. The lowest BCUT2D eigenvalue weighted by Crippen LogP contribution is -2.23. The van der Waals surface area contributed by atoms with Gasteiger partial charge in [-0.25, -0.2) is 0 Å². The van der Waals surface area contributed by atoms with Gasteiger partial charge in [0.05, 0.1) is 11.3 Å². The Morgan fingerprint density at radius 2 is 2.38 bits per heavy atom. The van der Waals surface area contributed by atoms with Crippen molar-refractivity contribution in [2.45, 2.75) is 6.42 Å². The van der Waals surface area contributed by atoms with Crippen molar-refractivity contribution in [1.29, 1.82) is 5.26 Å². The third kappa shape index (κ3) is 2.21. The van der Waals surface area contributed by atoms with Crippen LogP contribution in [0.15, 0.2) is 22.7 Å². The second-order valence-corrected chi connectivity index (χ2v) is 5.03. The fourth-order valence-corrected chi connectivity index (χ4v) is 2.45. The predicted molar refractivity (Wildman–Crippen MR) is 68.2 cm³/mol. The standard InChI is InChI=1S/C12H14BrN3/c13-11-2-1-10(7-15)12(5-11)16-4-3-9(6-14)8-16/h1-2,5,9H,3-4,6,8,14H2. The van der Waals surface area contributed by atoms with Crippen LogP contribution in [0, 0.1) is 17.2 Å². The fourth-order valence-electron chi connectivity index (χ4n) is 2.10. The molecule has 2 N–H and O–H groups in total. The van der Waals surface area contributed by atoms with Crippen LogP contribution in [-0.2, 0) is 0 Å². The number of nitrogens with zero attached hydrogens (tertiary/aromatic N) is 2. The van der Waals surface area contributed by atoms with E-state index in [0.29, 0.717) is 5.92 Å². The van der Waals surface area contributed by atoms with E-state index in [9.17, 15) is 0 Å². The van der Waals surface area contributed by atoms with E-state index in [-0.39, 0.29) is 0 Å². The lowest BCUT2D eigenvalue weighted by Gasteiger charge is -2.20. The minimum Gasteiger partial charge on any atom is -0.370 e. The van der Waals surface area contributed by atoms with Gasteiger partial charge in [-0.2, -0.15) is 5.26 Å². The highest BCUT2D eigenvalue weighted by molar-refractivity contribution is 9.10. The molecular formula is C12H14BrN3. The maximum atomic E-state index is 9.08. The largest absolute Gasteiger partial charge is 0.370 e. The van der Waals surface area contributed by atoms with Crippen LogP contribution in [-0.4, -0.2) is 19.6 Å². The van der Waals surface area contributed by atoms with Crippen molar-refractivity contribution < 1.29 is 0 Å². The van der Waals surface area contributed by atoms with Gasteiger partial charge in [-0.05, 0) is 37.1 Å². The highest BCUT2D eigenvalue weighted by Crippen LogP contribution is 2.29. The van der Waals surface area contributed by atoms with Gasteiger partial charge < -0.3 is 10.6 Å². The van der Waals surface area contributed by atoms with Crippen molar-refractivity contribution in [3.05, 3.63) is 28.2 Å². The normalized spacial score (nSPS) is 19.8. The zero-order chi connectivity index (χ0) is 11.5. The lowest BCUT2D eigenvalue weighted by atomic mass is 10.1. The van der Waals surface area contributed by atoms with Gasteiger partial charge in [-0.3, -0.25) is 0 Å². The topological polar surface area (TPSA) is 53.0 Å². The number of hydrogen-bond acceptors (Lipinski definition) is 3. The average molecular weight is 280 g/mol. The minimum atomic E-state index is 0.561. The van der Waals surface area contributed by atoms with Gasteiger partial charge in [0.15, 0.2) is 0 Å². The number of rotatable bonds is 2. The molecule has 0 saturated carbocycles. The van der Waals surface area contributed by atoms with Crippen LogP contribution in [0.2, 0.25) is 0 Å². The van der Waals surface area contributed by atoms with Crippen LogP contribution in [0.25, 0.3) is 0 Å². The van der Waals surface area contributed by atoms with E-state index in [2.05, 4.69) is 26.9 Å². The first-order chi connectivity index (χ1) is 7.74. The molecule has 1 atom stereocenters. The summed E-state index contributed by atoms with van der Waals surface area (Å²) >= 11 is 3.44. The summed E-state index contributed by atoms with van der Waals surface area (Å²) in [6.07, 6.45) is 1.12. The van der Waals surface area contributed by atoms with E-state index in [1.807, 2.05) is 18.2 Å². The van der Waals surface area contributed by atoms with Gasteiger partial charge >= 0.3 is 0 Å². The molecule has 0 radical (unpaired) electrons. The highest BCUT2D eigenvalue weighted by Gasteiger charge is 2.23. The molecule has 1 unspecified atom stereocenters. The Morgan fingerprint density at radius 3 is 3.00 bits per heavy atom. The van der Waals surface area contributed by atoms with Gasteiger partial charge in [-0.15, -0.1) is 0 Å². The number of nitrogens with two attached hydrogens (primary N) is 1. The summed E-state index contributed by atoms with van der Waals surface area (Å²) < 4.78 is 1.01. The summed E-state index contributed by atoms with van der Waals surface area (Å²) in [4.78, 5) is 2.25. The molecule has 1 aromatic carbocycles. The molecular weight excluding hydrogens is 266 g/mol. The summed E-state index contributed by atoms with van der Waals surface area (Å²) in [7, 11) is 0. The maximum Gasteiger partial charge on any atom is 0.101 e. The Kier molecular flexibility index (Phi) is 3.47. The van der Waals surface area contributed by atoms with E-state index < -0.39 is 0 Å². The zero-order valence-corrected chi connectivity index (χ0v) is 10.6. The van der Waals surface area contributed by atoms with Crippen molar-refractivity contribution >= 4 is 21.6 Å². The number of nitriles is 1. The summed E-state index contributed by atoms with van der Waals surface area (Å²) in [6.45, 7) is 2.68. The van der Waals surface area contributed by atoms with Crippen LogP contribution in [0.3, 0.4) is 0 Å². The molecule has 0 aromatic heterocycles. The van der Waals surface area contributed by atoms with E-state index in [1.165, 1.54) is 0 Å². The van der Waals surface area contributed by atoms with Gasteiger partial charge in [0.1, 0.15) is 6.07 Å². The van der Waals surface area contributed by atoms with Gasteiger partial charge in [0, 0.05) is 17.6 Å². The first kappa shape index (κ1) is 11.4. The quantitative estimate of drug-likeness (QED) is 0.902. The molecule has 1 aliphatic heterocycles. The molecule has 0 amide bonds. The first-order valence-electron chi connectivity index (χ1n) is 5.39. The average Bonchev–Trinajstić information content (AvgIpc) is 2.77. The van der Waals surface area contributed by atoms with Crippen LogP contribution < -0.4 is 10.6 Å². The molecule has 4 heteroatoms. The summed E-state index contributed by atoms with van der Waals surface area (Å²) in [6, 6.07) is 8.01. The van der Waals surface area contributed by atoms with E-state index >= 15 is 0 Å². The predicted octanol–water partition coefficient (Wildman–Crippen LogP) is 2.11. The summed E-state index contributed by atoms with van der Waals surface area (Å²) in [5.41, 5.74) is 7.43. The third-order valence-corrected chi connectivity index (χ3v) is 3.53. The van der Waals surface area contributed by atoms with E-state index in [1.54, 1.807) is 0 Å². The smallest absolute Gasteiger partial charge is 0.101 e. The molecule has 16 heavy (non-hydrogen) atoms. The van der Waals surface area contributed by atoms with Crippen molar-refractivity contribution in [2.24, 2.45) is 11.7 Å². The third-order valence-electron chi connectivity index (χ3n) is 3.04.